The largest absolute Gasteiger partial charge is 0.309 e. The summed E-state index contributed by atoms with van der Waals surface area (Å²) in [4.78, 5) is 0. The molecule has 0 unspecified atom stereocenters. The Morgan fingerprint density at radius 1 is 0.235 bits per heavy atom. The summed E-state index contributed by atoms with van der Waals surface area (Å²) in [5.74, 6) is 0. The third-order valence-corrected chi connectivity index (χ3v) is 15.0. The maximum absolute atomic E-state index is 2.54. The molecule has 11 aromatic carbocycles. The van der Waals surface area contributed by atoms with Gasteiger partial charge in [-0.05, 0) is 113 Å². The lowest BCUT2D eigenvalue weighted by Gasteiger charge is -2.12. The number of rotatable bonds is 4. The maximum Gasteiger partial charge on any atom is 0.0620 e. The van der Waals surface area contributed by atoms with Gasteiger partial charge in [-0.15, -0.1) is 0 Å². The smallest absolute Gasteiger partial charge is 0.0620 e. The number of hydrogen-bond donors (Lipinski definition) is 0. The third-order valence-electron chi connectivity index (χ3n) is 15.0. The minimum absolute atomic E-state index is 1.14. The molecular formula is C64H38N4. The summed E-state index contributed by atoms with van der Waals surface area (Å²) in [7, 11) is 0. The first-order valence-electron chi connectivity index (χ1n) is 23.5. The molecule has 5 aromatic heterocycles. The lowest BCUT2D eigenvalue weighted by molar-refractivity contribution is 1.17. The molecule has 4 nitrogen and oxygen atoms in total. The van der Waals surface area contributed by atoms with Crippen molar-refractivity contribution < 1.29 is 0 Å². The van der Waals surface area contributed by atoms with Crippen molar-refractivity contribution in [3.05, 3.63) is 231 Å². The predicted octanol–water partition coefficient (Wildman–Crippen LogP) is 16.9. The molecule has 68 heavy (non-hydrogen) atoms. The standard InChI is InChI=1S/C64H38N4/c1-3-15-42(16-4-1)65-56-33-30-39(40-29-32-47-44-19-7-10-24-53(44)66(60(47)37-40)43-17-5-2-6-18-43)35-52(56)63-57(65)27-14-28-58(63)67-54-25-11-9-21-46(54)51-36-41-31-34-59-62(50(41)38-61(51)67)49-23-13-22-48-45-20-8-12-26-55(45)68(59)64(48)49/h1-38H. The van der Waals surface area contributed by atoms with Crippen molar-refractivity contribution in [1.82, 2.24) is 18.1 Å². The molecule has 0 fully saturated rings. The SMILES string of the molecule is c1ccc(-n2c3ccccc3c3ccc(-c4ccc5c(c4)c4c(-n6c7ccccc7c7cc8ccc9c(c8cc76)c6cccc7c8ccccc8n9c76)cccc4n5-c4ccccc4)cc32)cc1. The molecule has 0 bridgehead atoms. The van der Waals surface area contributed by atoms with E-state index in [0.29, 0.717) is 0 Å². The Morgan fingerprint density at radius 3 is 1.54 bits per heavy atom. The Kier molecular flexibility index (Phi) is 7.04. The zero-order valence-electron chi connectivity index (χ0n) is 36.7. The van der Waals surface area contributed by atoms with Crippen LogP contribution >= 0.6 is 0 Å². The molecule has 314 valence electrons. The van der Waals surface area contributed by atoms with Gasteiger partial charge >= 0.3 is 0 Å². The molecule has 0 radical (unpaired) electrons. The van der Waals surface area contributed by atoms with E-state index in [2.05, 4.69) is 249 Å². The number of hydrogen-bond acceptors (Lipinski definition) is 0. The van der Waals surface area contributed by atoms with Crippen LogP contribution in [0.25, 0.3) is 142 Å². The highest BCUT2D eigenvalue weighted by Gasteiger charge is 2.23. The summed E-state index contributed by atoms with van der Waals surface area (Å²) < 4.78 is 9.89. The Labute approximate surface area is 389 Å². The highest BCUT2D eigenvalue weighted by Crippen LogP contribution is 2.46. The average Bonchev–Trinajstić information content (AvgIpc) is 4.19. The summed E-state index contributed by atoms with van der Waals surface area (Å²) in [6.45, 7) is 0. The van der Waals surface area contributed by atoms with Gasteiger partial charge in [0.25, 0.3) is 0 Å². The van der Waals surface area contributed by atoms with Gasteiger partial charge in [-0.3, -0.25) is 0 Å². The Bertz CT molecular complexity index is 4770. The van der Waals surface area contributed by atoms with Crippen LogP contribution < -0.4 is 0 Å². The van der Waals surface area contributed by atoms with Gasteiger partial charge in [0.1, 0.15) is 0 Å². The van der Waals surface area contributed by atoms with E-state index < -0.39 is 0 Å². The highest BCUT2D eigenvalue weighted by molar-refractivity contribution is 6.30. The van der Waals surface area contributed by atoms with Crippen LogP contribution in [-0.4, -0.2) is 18.1 Å². The molecular weight excluding hydrogens is 825 g/mol. The van der Waals surface area contributed by atoms with Crippen LogP contribution in [0.4, 0.5) is 0 Å². The van der Waals surface area contributed by atoms with Gasteiger partial charge in [-0.2, -0.15) is 0 Å². The Morgan fingerprint density at radius 2 is 0.765 bits per heavy atom. The van der Waals surface area contributed by atoms with Crippen LogP contribution in [0.1, 0.15) is 0 Å². The van der Waals surface area contributed by atoms with E-state index in [1.165, 1.54) is 125 Å². The van der Waals surface area contributed by atoms with Crippen molar-refractivity contribution >= 4 is 114 Å². The van der Waals surface area contributed by atoms with Crippen LogP contribution in [0.2, 0.25) is 0 Å². The first kappa shape index (κ1) is 36.1. The zero-order valence-corrected chi connectivity index (χ0v) is 36.7. The first-order chi connectivity index (χ1) is 33.8. The average molecular weight is 863 g/mol. The first-order valence-corrected chi connectivity index (χ1v) is 23.5. The van der Waals surface area contributed by atoms with E-state index in [0.717, 1.165) is 17.1 Å². The fraction of sp³-hybridized carbons (Fsp3) is 0. The number of benzene rings is 11. The van der Waals surface area contributed by atoms with Crippen molar-refractivity contribution in [1.29, 1.82) is 0 Å². The molecule has 0 aliphatic heterocycles. The van der Waals surface area contributed by atoms with Crippen LogP contribution in [-0.2, 0) is 0 Å². The monoisotopic (exact) mass is 862 g/mol. The number of aromatic nitrogens is 4. The van der Waals surface area contributed by atoms with Gasteiger partial charge in [-0.1, -0.05) is 140 Å². The molecule has 0 atom stereocenters. The maximum atomic E-state index is 2.54. The van der Waals surface area contributed by atoms with Crippen molar-refractivity contribution in [3.63, 3.8) is 0 Å². The van der Waals surface area contributed by atoms with Gasteiger partial charge in [0.2, 0.25) is 0 Å². The van der Waals surface area contributed by atoms with Crippen LogP contribution in [0.5, 0.6) is 0 Å². The van der Waals surface area contributed by atoms with Crippen LogP contribution in [0, 0.1) is 0 Å². The van der Waals surface area contributed by atoms with Gasteiger partial charge in [0, 0.05) is 65.2 Å². The number of fused-ring (bicyclic) bond motifs is 17. The molecule has 16 aromatic rings. The van der Waals surface area contributed by atoms with Gasteiger partial charge < -0.3 is 18.1 Å². The second kappa shape index (κ2) is 13.3. The van der Waals surface area contributed by atoms with Gasteiger partial charge in [0.15, 0.2) is 0 Å². The summed E-state index contributed by atoms with van der Waals surface area (Å²) in [6.07, 6.45) is 0. The quantitative estimate of drug-likeness (QED) is 0.168. The molecule has 0 amide bonds. The highest BCUT2D eigenvalue weighted by atomic mass is 15.0. The molecule has 16 rings (SSSR count). The molecule has 0 aliphatic carbocycles. The fourth-order valence-electron chi connectivity index (χ4n) is 12.3. The molecule has 0 saturated heterocycles. The number of nitrogens with zero attached hydrogens (tertiary/aromatic N) is 4. The number of para-hydroxylation sites is 6. The fourth-order valence-corrected chi connectivity index (χ4v) is 12.3. The summed E-state index contributed by atoms with van der Waals surface area (Å²) in [6, 6.07) is 85.5. The summed E-state index contributed by atoms with van der Waals surface area (Å²) in [5.41, 5.74) is 16.8. The molecule has 4 heteroatoms. The minimum atomic E-state index is 1.14. The van der Waals surface area contributed by atoms with Crippen molar-refractivity contribution in [2.45, 2.75) is 0 Å². The van der Waals surface area contributed by atoms with Crippen molar-refractivity contribution in [2.75, 3.05) is 0 Å². The third kappa shape index (κ3) is 4.68. The van der Waals surface area contributed by atoms with E-state index in [9.17, 15) is 0 Å². The van der Waals surface area contributed by atoms with E-state index in [1.54, 1.807) is 0 Å². The van der Waals surface area contributed by atoms with Gasteiger partial charge in [0.05, 0.1) is 55.3 Å². The summed E-state index contributed by atoms with van der Waals surface area (Å²) in [5, 5.41) is 15.2. The molecule has 5 heterocycles. The lowest BCUT2D eigenvalue weighted by Crippen LogP contribution is -1.96. The van der Waals surface area contributed by atoms with Crippen molar-refractivity contribution in [2.24, 2.45) is 0 Å². The van der Waals surface area contributed by atoms with E-state index >= 15 is 0 Å². The lowest BCUT2D eigenvalue weighted by atomic mass is 10.00. The Balaban J connectivity index is 0.997. The van der Waals surface area contributed by atoms with Gasteiger partial charge in [-0.25, -0.2) is 0 Å². The van der Waals surface area contributed by atoms with Crippen molar-refractivity contribution in [3.8, 4) is 28.2 Å². The van der Waals surface area contributed by atoms with Crippen LogP contribution in [0.3, 0.4) is 0 Å². The second-order valence-electron chi connectivity index (χ2n) is 18.5. The molecule has 0 aliphatic rings. The molecule has 0 spiro atoms. The second-order valence-corrected chi connectivity index (χ2v) is 18.5. The Hall–Kier alpha value is -9.12. The van der Waals surface area contributed by atoms with Crippen LogP contribution in [0.15, 0.2) is 231 Å². The van der Waals surface area contributed by atoms with E-state index in [1.807, 2.05) is 0 Å². The van der Waals surface area contributed by atoms with E-state index in [4.69, 9.17) is 0 Å². The molecule has 0 N–H and O–H groups in total. The topological polar surface area (TPSA) is 19.2 Å². The minimum Gasteiger partial charge on any atom is -0.309 e. The van der Waals surface area contributed by atoms with E-state index in [-0.39, 0.29) is 0 Å². The zero-order chi connectivity index (χ0) is 44.2. The summed E-state index contributed by atoms with van der Waals surface area (Å²) >= 11 is 0. The predicted molar refractivity (Wildman–Crippen MR) is 287 cm³/mol. The normalized spacial score (nSPS) is 12.4. The molecule has 0 saturated carbocycles.